The molecule has 0 aromatic carbocycles. The summed E-state index contributed by atoms with van der Waals surface area (Å²) in [6.45, 7) is 6.43. The molecule has 1 saturated carbocycles. The molecule has 1 heterocycles. The van der Waals surface area contributed by atoms with E-state index in [1.54, 1.807) is 0 Å². The molecule has 1 fully saturated rings. The van der Waals surface area contributed by atoms with Crippen molar-refractivity contribution in [2.45, 2.75) is 52.1 Å². The van der Waals surface area contributed by atoms with Gasteiger partial charge in [0.25, 0.3) is 0 Å². The van der Waals surface area contributed by atoms with Crippen LogP contribution in [0.25, 0.3) is 0 Å². The van der Waals surface area contributed by atoms with Gasteiger partial charge in [-0.05, 0) is 31.4 Å². The highest BCUT2D eigenvalue weighted by molar-refractivity contribution is 5.52. The van der Waals surface area contributed by atoms with Crippen LogP contribution in [0.2, 0.25) is 0 Å². The highest BCUT2D eigenvalue weighted by atomic mass is 15.1. The SMILES string of the molecule is CCNCc1cnccc1N(C)C1CCCC(C)C1. The summed E-state index contributed by atoms with van der Waals surface area (Å²) in [5.74, 6) is 0.861. The fourth-order valence-electron chi connectivity index (χ4n) is 3.11. The topological polar surface area (TPSA) is 28.2 Å². The second-order valence-corrected chi connectivity index (χ2v) is 5.82. The van der Waals surface area contributed by atoms with E-state index in [0.717, 1.165) is 19.0 Å². The second kappa shape index (κ2) is 6.90. The zero-order chi connectivity index (χ0) is 13.7. The Balaban J connectivity index is 2.11. The average Bonchev–Trinajstić information content (AvgIpc) is 2.44. The van der Waals surface area contributed by atoms with Gasteiger partial charge in [-0.15, -0.1) is 0 Å². The fourth-order valence-corrected chi connectivity index (χ4v) is 3.11. The van der Waals surface area contributed by atoms with Crippen LogP contribution in [-0.2, 0) is 6.54 Å². The summed E-state index contributed by atoms with van der Waals surface area (Å²) < 4.78 is 0. The smallest absolute Gasteiger partial charge is 0.0442 e. The lowest BCUT2D eigenvalue weighted by Crippen LogP contribution is -2.36. The van der Waals surface area contributed by atoms with Crippen molar-refractivity contribution in [2.75, 3.05) is 18.5 Å². The number of pyridine rings is 1. The van der Waals surface area contributed by atoms with E-state index in [2.05, 4.69) is 42.2 Å². The third kappa shape index (κ3) is 3.69. The summed E-state index contributed by atoms with van der Waals surface area (Å²) in [7, 11) is 2.24. The van der Waals surface area contributed by atoms with Crippen molar-refractivity contribution in [3.05, 3.63) is 24.0 Å². The quantitative estimate of drug-likeness (QED) is 0.882. The van der Waals surface area contributed by atoms with Crippen LogP contribution < -0.4 is 10.2 Å². The molecule has 0 aliphatic heterocycles. The Morgan fingerprint density at radius 1 is 1.42 bits per heavy atom. The van der Waals surface area contributed by atoms with Crippen LogP contribution in [-0.4, -0.2) is 24.6 Å². The lowest BCUT2D eigenvalue weighted by molar-refractivity contribution is 0.336. The maximum Gasteiger partial charge on any atom is 0.0442 e. The van der Waals surface area contributed by atoms with Gasteiger partial charge in [0.2, 0.25) is 0 Å². The minimum Gasteiger partial charge on any atom is -0.371 e. The van der Waals surface area contributed by atoms with Crippen molar-refractivity contribution in [2.24, 2.45) is 5.92 Å². The lowest BCUT2D eigenvalue weighted by atomic mass is 9.86. The molecule has 19 heavy (non-hydrogen) atoms. The van der Waals surface area contributed by atoms with Gasteiger partial charge >= 0.3 is 0 Å². The number of hydrogen-bond acceptors (Lipinski definition) is 3. The molecule has 1 N–H and O–H groups in total. The lowest BCUT2D eigenvalue weighted by Gasteiger charge is -2.36. The molecule has 0 bridgehead atoms. The van der Waals surface area contributed by atoms with E-state index in [1.165, 1.54) is 36.9 Å². The molecule has 2 rings (SSSR count). The number of aromatic nitrogens is 1. The molecule has 0 saturated heterocycles. The first-order valence-electron chi connectivity index (χ1n) is 7.58. The van der Waals surface area contributed by atoms with E-state index in [1.807, 2.05) is 12.4 Å². The van der Waals surface area contributed by atoms with Gasteiger partial charge in [-0.2, -0.15) is 0 Å². The second-order valence-electron chi connectivity index (χ2n) is 5.82. The molecular weight excluding hydrogens is 234 g/mol. The molecule has 3 heteroatoms. The van der Waals surface area contributed by atoms with Crippen molar-refractivity contribution < 1.29 is 0 Å². The summed E-state index contributed by atoms with van der Waals surface area (Å²) in [5.41, 5.74) is 2.65. The summed E-state index contributed by atoms with van der Waals surface area (Å²) in [4.78, 5) is 6.75. The summed E-state index contributed by atoms with van der Waals surface area (Å²) in [5, 5.41) is 3.40. The molecule has 1 aliphatic carbocycles. The van der Waals surface area contributed by atoms with E-state index in [4.69, 9.17) is 0 Å². The molecule has 3 nitrogen and oxygen atoms in total. The number of nitrogens with one attached hydrogen (secondary N) is 1. The monoisotopic (exact) mass is 261 g/mol. The Bertz CT molecular complexity index is 391. The van der Waals surface area contributed by atoms with Gasteiger partial charge in [-0.1, -0.05) is 26.7 Å². The molecule has 1 aromatic heterocycles. The van der Waals surface area contributed by atoms with E-state index < -0.39 is 0 Å². The van der Waals surface area contributed by atoms with Gasteiger partial charge in [-0.25, -0.2) is 0 Å². The van der Waals surface area contributed by atoms with Gasteiger partial charge < -0.3 is 10.2 Å². The highest BCUT2D eigenvalue weighted by Gasteiger charge is 2.23. The third-order valence-electron chi connectivity index (χ3n) is 4.28. The van der Waals surface area contributed by atoms with Crippen LogP contribution in [0.4, 0.5) is 5.69 Å². The van der Waals surface area contributed by atoms with E-state index in [0.29, 0.717) is 6.04 Å². The third-order valence-corrected chi connectivity index (χ3v) is 4.28. The van der Waals surface area contributed by atoms with Gasteiger partial charge in [-0.3, -0.25) is 4.98 Å². The van der Waals surface area contributed by atoms with Crippen molar-refractivity contribution in [1.82, 2.24) is 10.3 Å². The predicted molar refractivity (Wildman–Crippen MR) is 81.4 cm³/mol. The first-order valence-corrected chi connectivity index (χ1v) is 7.58. The Morgan fingerprint density at radius 2 is 2.26 bits per heavy atom. The first kappa shape index (κ1) is 14.3. The number of rotatable bonds is 5. The maximum absolute atomic E-state index is 4.27. The molecule has 0 amide bonds. The maximum atomic E-state index is 4.27. The zero-order valence-electron chi connectivity index (χ0n) is 12.5. The number of hydrogen-bond donors (Lipinski definition) is 1. The van der Waals surface area contributed by atoms with E-state index in [-0.39, 0.29) is 0 Å². The molecule has 2 unspecified atom stereocenters. The van der Waals surface area contributed by atoms with Gasteiger partial charge in [0.15, 0.2) is 0 Å². The summed E-state index contributed by atoms with van der Waals surface area (Å²) in [6.07, 6.45) is 9.31. The Morgan fingerprint density at radius 3 is 3.00 bits per heavy atom. The summed E-state index contributed by atoms with van der Waals surface area (Å²) in [6, 6.07) is 2.85. The predicted octanol–water partition coefficient (Wildman–Crippen LogP) is 3.21. The van der Waals surface area contributed by atoms with Gasteiger partial charge in [0, 0.05) is 43.3 Å². The van der Waals surface area contributed by atoms with Gasteiger partial charge in [0.1, 0.15) is 0 Å². The molecule has 106 valence electrons. The van der Waals surface area contributed by atoms with Crippen molar-refractivity contribution in [3.8, 4) is 0 Å². The molecule has 2 atom stereocenters. The minimum absolute atomic E-state index is 0.687. The largest absolute Gasteiger partial charge is 0.371 e. The van der Waals surface area contributed by atoms with Crippen LogP contribution in [0.15, 0.2) is 18.5 Å². The van der Waals surface area contributed by atoms with Gasteiger partial charge in [0.05, 0.1) is 0 Å². The first-order chi connectivity index (χ1) is 9.22. The Kier molecular flexibility index (Phi) is 5.20. The highest BCUT2D eigenvalue weighted by Crippen LogP contribution is 2.30. The van der Waals surface area contributed by atoms with Crippen LogP contribution in [0.3, 0.4) is 0 Å². The molecule has 1 aliphatic rings. The molecule has 0 radical (unpaired) electrons. The normalized spacial score (nSPS) is 23.3. The Labute approximate surface area is 117 Å². The zero-order valence-corrected chi connectivity index (χ0v) is 12.5. The van der Waals surface area contributed by atoms with Crippen LogP contribution in [0, 0.1) is 5.92 Å². The Hall–Kier alpha value is -1.09. The molecule has 0 spiro atoms. The van der Waals surface area contributed by atoms with Crippen molar-refractivity contribution in [3.63, 3.8) is 0 Å². The van der Waals surface area contributed by atoms with Crippen LogP contribution in [0.1, 0.15) is 45.1 Å². The molecular formula is C16H27N3. The number of nitrogens with zero attached hydrogens (tertiary/aromatic N) is 2. The average molecular weight is 261 g/mol. The minimum atomic E-state index is 0.687. The fraction of sp³-hybridized carbons (Fsp3) is 0.688. The van der Waals surface area contributed by atoms with Crippen LogP contribution >= 0.6 is 0 Å². The van der Waals surface area contributed by atoms with E-state index in [9.17, 15) is 0 Å². The summed E-state index contributed by atoms with van der Waals surface area (Å²) >= 11 is 0. The van der Waals surface area contributed by atoms with Crippen molar-refractivity contribution in [1.29, 1.82) is 0 Å². The number of anilines is 1. The van der Waals surface area contributed by atoms with Crippen molar-refractivity contribution >= 4 is 5.69 Å². The standard InChI is InChI=1S/C16H27N3/c1-4-17-11-14-12-18-9-8-16(14)19(3)15-7-5-6-13(2)10-15/h8-9,12-13,15,17H,4-7,10-11H2,1-3H3. The van der Waals surface area contributed by atoms with E-state index >= 15 is 0 Å². The molecule has 1 aromatic rings. The van der Waals surface area contributed by atoms with Crippen LogP contribution in [0.5, 0.6) is 0 Å².